The summed E-state index contributed by atoms with van der Waals surface area (Å²) in [4.78, 5) is 15.3. The Morgan fingerprint density at radius 3 is 2.17 bits per heavy atom. The molecule has 1 fully saturated rings. The maximum atomic E-state index is 13.1. The molecule has 1 heterocycles. The van der Waals surface area contributed by atoms with Gasteiger partial charge in [-0.25, -0.2) is 0 Å². The molecule has 2 aromatic rings. The molecule has 4 heteroatoms. The summed E-state index contributed by atoms with van der Waals surface area (Å²) in [6.45, 7) is 1.69. The van der Waals surface area contributed by atoms with Crippen LogP contribution in [-0.4, -0.2) is 31.6 Å². The van der Waals surface area contributed by atoms with Crippen molar-refractivity contribution in [2.45, 2.75) is 18.4 Å². The van der Waals surface area contributed by atoms with Gasteiger partial charge in [-0.2, -0.15) is 0 Å². The van der Waals surface area contributed by atoms with Crippen LogP contribution >= 0.6 is 0 Å². The van der Waals surface area contributed by atoms with Crippen LogP contribution in [0.5, 0.6) is 0 Å². The number of carbonyl (C=O) groups excluding carboxylic acids is 1. The van der Waals surface area contributed by atoms with Crippen LogP contribution in [0.15, 0.2) is 60.7 Å². The molecule has 1 aliphatic rings. The Bertz CT molecular complexity index is 636. The van der Waals surface area contributed by atoms with E-state index in [9.17, 15) is 4.79 Å². The van der Waals surface area contributed by atoms with E-state index in [1.807, 2.05) is 55.6 Å². The highest BCUT2D eigenvalue weighted by Crippen LogP contribution is 2.31. The molecule has 4 nitrogen and oxygen atoms in total. The van der Waals surface area contributed by atoms with E-state index in [2.05, 4.69) is 27.7 Å². The Morgan fingerprint density at radius 2 is 1.57 bits per heavy atom. The lowest BCUT2D eigenvalue weighted by molar-refractivity contribution is -0.122. The van der Waals surface area contributed by atoms with Crippen LogP contribution in [0.4, 0.5) is 11.4 Å². The van der Waals surface area contributed by atoms with Crippen molar-refractivity contribution in [3.05, 3.63) is 60.7 Å². The van der Waals surface area contributed by atoms with Gasteiger partial charge in [-0.05, 0) is 50.2 Å². The SMILES string of the molecule is CN(c1ccccc1)C1(C(=O)Nc2ccccc2)CCNCC1. The first-order valence-electron chi connectivity index (χ1n) is 8.08. The Morgan fingerprint density at radius 1 is 1.00 bits per heavy atom. The van der Waals surface area contributed by atoms with E-state index < -0.39 is 5.54 Å². The number of likely N-dealkylation sites (N-methyl/N-ethyl adjacent to an activating group) is 1. The zero-order valence-corrected chi connectivity index (χ0v) is 13.5. The Kier molecular flexibility index (Phi) is 4.63. The van der Waals surface area contributed by atoms with Gasteiger partial charge >= 0.3 is 0 Å². The lowest BCUT2D eigenvalue weighted by atomic mass is 9.85. The van der Waals surface area contributed by atoms with Crippen molar-refractivity contribution in [1.82, 2.24) is 5.32 Å². The minimum atomic E-state index is -0.525. The van der Waals surface area contributed by atoms with Crippen LogP contribution in [0.1, 0.15) is 12.8 Å². The highest BCUT2D eigenvalue weighted by molar-refractivity contribution is 6.00. The number of piperidine rings is 1. The second-order valence-electron chi connectivity index (χ2n) is 6.00. The van der Waals surface area contributed by atoms with Gasteiger partial charge in [-0.15, -0.1) is 0 Å². The van der Waals surface area contributed by atoms with Crippen molar-refractivity contribution >= 4 is 17.3 Å². The fraction of sp³-hybridized carbons (Fsp3) is 0.316. The average molecular weight is 309 g/mol. The number of anilines is 2. The average Bonchev–Trinajstić information content (AvgIpc) is 2.63. The van der Waals surface area contributed by atoms with Gasteiger partial charge in [0.15, 0.2) is 0 Å². The molecule has 2 N–H and O–H groups in total. The summed E-state index contributed by atoms with van der Waals surface area (Å²) in [6.07, 6.45) is 1.58. The summed E-state index contributed by atoms with van der Waals surface area (Å²) in [6, 6.07) is 19.8. The molecule has 120 valence electrons. The third-order valence-electron chi connectivity index (χ3n) is 4.67. The highest BCUT2D eigenvalue weighted by Gasteiger charge is 2.43. The zero-order chi connectivity index (χ0) is 16.1. The van der Waals surface area contributed by atoms with Gasteiger partial charge in [-0.1, -0.05) is 36.4 Å². The van der Waals surface area contributed by atoms with E-state index in [0.29, 0.717) is 0 Å². The first kappa shape index (κ1) is 15.6. The molecule has 2 aromatic carbocycles. The molecular formula is C19H23N3O. The molecule has 1 aliphatic heterocycles. The molecule has 1 amide bonds. The summed E-state index contributed by atoms with van der Waals surface area (Å²) in [5, 5.41) is 6.45. The smallest absolute Gasteiger partial charge is 0.250 e. The van der Waals surface area contributed by atoms with Crippen LogP contribution in [0, 0.1) is 0 Å². The predicted octanol–water partition coefficient (Wildman–Crippen LogP) is 2.88. The lowest BCUT2D eigenvalue weighted by Crippen LogP contribution is -2.60. The third kappa shape index (κ3) is 3.22. The fourth-order valence-corrected chi connectivity index (χ4v) is 3.22. The van der Waals surface area contributed by atoms with Crippen LogP contribution < -0.4 is 15.5 Å². The molecule has 0 saturated carbocycles. The quantitative estimate of drug-likeness (QED) is 0.913. The summed E-state index contributed by atoms with van der Waals surface area (Å²) < 4.78 is 0. The molecule has 0 spiro atoms. The van der Waals surface area contributed by atoms with Crippen LogP contribution in [0.25, 0.3) is 0 Å². The fourth-order valence-electron chi connectivity index (χ4n) is 3.22. The van der Waals surface area contributed by atoms with Crippen LogP contribution in [0.3, 0.4) is 0 Å². The first-order valence-corrected chi connectivity index (χ1v) is 8.08. The zero-order valence-electron chi connectivity index (χ0n) is 13.5. The maximum absolute atomic E-state index is 13.1. The summed E-state index contributed by atoms with van der Waals surface area (Å²) in [5.41, 5.74) is 1.39. The summed E-state index contributed by atoms with van der Waals surface area (Å²) >= 11 is 0. The molecule has 0 atom stereocenters. The molecule has 0 radical (unpaired) electrons. The van der Waals surface area contributed by atoms with Crippen molar-refractivity contribution in [3.63, 3.8) is 0 Å². The van der Waals surface area contributed by atoms with Crippen molar-refractivity contribution in [2.75, 3.05) is 30.4 Å². The molecule has 1 saturated heterocycles. The lowest BCUT2D eigenvalue weighted by Gasteiger charge is -2.44. The summed E-state index contributed by atoms with van der Waals surface area (Å²) in [7, 11) is 2.02. The largest absolute Gasteiger partial charge is 0.360 e. The molecular weight excluding hydrogens is 286 g/mol. The van der Waals surface area contributed by atoms with E-state index >= 15 is 0 Å². The van der Waals surface area contributed by atoms with Gasteiger partial charge in [0.2, 0.25) is 5.91 Å². The van der Waals surface area contributed by atoms with E-state index in [1.165, 1.54) is 0 Å². The van der Waals surface area contributed by atoms with Crippen molar-refractivity contribution in [1.29, 1.82) is 0 Å². The molecule has 3 rings (SSSR count). The van der Waals surface area contributed by atoms with Gasteiger partial charge in [-0.3, -0.25) is 4.79 Å². The second-order valence-corrected chi connectivity index (χ2v) is 6.00. The van der Waals surface area contributed by atoms with Gasteiger partial charge in [0.1, 0.15) is 5.54 Å². The maximum Gasteiger partial charge on any atom is 0.250 e. The van der Waals surface area contributed by atoms with E-state index in [-0.39, 0.29) is 5.91 Å². The Labute approximate surface area is 137 Å². The number of benzene rings is 2. The Hall–Kier alpha value is -2.33. The molecule has 0 unspecified atom stereocenters. The summed E-state index contributed by atoms with van der Waals surface area (Å²) in [5.74, 6) is 0.0663. The van der Waals surface area contributed by atoms with Crippen molar-refractivity contribution in [2.24, 2.45) is 0 Å². The Balaban J connectivity index is 1.88. The number of nitrogens with one attached hydrogen (secondary N) is 2. The van der Waals surface area contributed by atoms with Crippen LogP contribution in [0.2, 0.25) is 0 Å². The molecule has 23 heavy (non-hydrogen) atoms. The van der Waals surface area contributed by atoms with Crippen molar-refractivity contribution in [3.8, 4) is 0 Å². The number of hydrogen-bond acceptors (Lipinski definition) is 3. The van der Waals surface area contributed by atoms with Crippen LogP contribution in [-0.2, 0) is 4.79 Å². The minimum Gasteiger partial charge on any atom is -0.360 e. The number of amides is 1. The monoisotopic (exact) mass is 309 g/mol. The van der Waals surface area contributed by atoms with Gasteiger partial charge in [0, 0.05) is 18.4 Å². The standard InChI is InChI=1S/C19H23N3O/c1-22(17-10-6-3-7-11-17)19(12-14-20-15-13-19)18(23)21-16-8-4-2-5-9-16/h2-11,20H,12-15H2,1H3,(H,21,23). The van der Waals surface area contributed by atoms with Crippen molar-refractivity contribution < 1.29 is 4.79 Å². The topological polar surface area (TPSA) is 44.4 Å². The molecule has 0 bridgehead atoms. The van der Waals surface area contributed by atoms with E-state index in [0.717, 1.165) is 37.3 Å². The first-order chi connectivity index (χ1) is 11.2. The van der Waals surface area contributed by atoms with E-state index in [1.54, 1.807) is 0 Å². The molecule has 0 aliphatic carbocycles. The number of nitrogens with zero attached hydrogens (tertiary/aromatic N) is 1. The van der Waals surface area contributed by atoms with Gasteiger partial charge in [0.05, 0.1) is 0 Å². The van der Waals surface area contributed by atoms with E-state index in [4.69, 9.17) is 0 Å². The number of para-hydroxylation sites is 2. The minimum absolute atomic E-state index is 0.0663. The number of hydrogen-bond donors (Lipinski definition) is 2. The number of carbonyl (C=O) groups is 1. The predicted molar refractivity (Wildman–Crippen MR) is 94.8 cm³/mol. The third-order valence-corrected chi connectivity index (χ3v) is 4.67. The van der Waals surface area contributed by atoms with Gasteiger partial charge < -0.3 is 15.5 Å². The second kappa shape index (κ2) is 6.84. The number of rotatable bonds is 4. The highest BCUT2D eigenvalue weighted by atomic mass is 16.2. The van der Waals surface area contributed by atoms with Gasteiger partial charge in [0.25, 0.3) is 0 Å². The molecule has 0 aromatic heterocycles. The normalized spacial score (nSPS) is 16.6.